The highest BCUT2D eigenvalue weighted by Gasteiger charge is 2.25. The first-order valence-corrected chi connectivity index (χ1v) is 14.4. The Morgan fingerprint density at radius 2 is 1.38 bits per heavy atom. The second-order valence-electron chi connectivity index (χ2n) is 8.55. The number of alkyl halides is 1. The van der Waals surface area contributed by atoms with Gasteiger partial charge in [0.1, 0.15) is 29.6 Å². The van der Waals surface area contributed by atoms with E-state index in [1.54, 1.807) is 25.6 Å². The maximum Gasteiger partial charge on any atom is 0.153 e. The van der Waals surface area contributed by atoms with Gasteiger partial charge in [-0.3, -0.25) is 9.29 Å². The van der Waals surface area contributed by atoms with Crippen LogP contribution in [0.15, 0.2) is 66.7 Å². The zero-order valence-electron chi connectivity index (χ0n) is 23.8. The predicted octanol–water partition coefficient (Wildman–Crippen LogP) is 8.71. The van der Waals surface area contributed by atoms with Gasteiger partial charge in [-0.15, -0.1) is 11.3 Å². The van der Waals surface area contributed by atoms with Gasteiger partial charge in [0, 0.05) is 35.6 Å². The van der Waals surface area contributed by atoms with Gasteiger partial charge < -0.3 is 18.9 Å². The Bertz CT molecular complexity index is 1270. The third-order valence-electron chi connectivity index (χ3n) is 6.17. The molecule has 0 unspecified atom stereocenters. The molecule has 1 aliphatic rings. The van der Waals surface area contributed by atoms with E-state index in [1.165, 1.54) is 0 Å². The Morgan fingerprint density at radius 3 is 2.00 bits per heavy atom. The molecule has 0 spiro atoms. The summed E-state index contributed by atoms with van der Waals surface area (Å²) in [4.78, 5) is 3.25. The van der Waals surface area contributed by atoms with Crippen LogP contribution in [0.25, 0.3) is 20.5 Å². The molecule has 1 aliphatic heterocycles. The number of nitrogens with zero attached hydrogens (tertiary/aromatic N) is 1. The van der Waals surface area contributed by atoms with Crippen LogP contribution >= 0.6 is 11.3 Å². The van der Waals surface area contributed by atoms with E-state index < -0.39 is 0 Å². The molecule has 1 saturated heterocycles. The fraction of sp³-hybridized carbons (Fsp3) is 0.375. The molecule has 5 rings (SSSR count). The van der Waals surface area contributed by atoms with Crippen molar-refractivity contribution in [2.24, 2.45) is 5.92 Å². The zero-order chi connectivity index (χ0) is 28.2. The van der Waals surface area contributed by atoms with Crippen molar-refractivity contribution >= 4 is 21.4 Å². The van der Waals surface area contributed by atoms with Crippen molar-refractivity contribution in [2.45, 2.75) is 27.7 Å². The van der Waals surface area contributed by atoms with Crippen molar-refractivity contribution in [3.8, 4) is 39.2 Å². The van der Waals surface area contributed by atoms with E-state index >= 15 is 0 Å². The lowest BCUT2D eigenvalue weighted by molar-refractivity contribution is 0.0668. The normalized spacial score (nSPS) is 12.9. The smallest absolute Gasteiger partial charge is 0.153 e. The number of thiophene rings is 1. The first-order chi connectivity index (χ1) is 19.2. The highest BCUT2D eigenvalue weighted by molar-refractivity contribution is 7.22. The van der Waals surface area contributed by atoms with E-state index in [4.69, 9.17) is 18.9 Å². The zero-order valence-corrected chi connectivity index (χ0v) is 24.6. The molecule has 0 radical (unpaired) electrons. The van der Waals surface area contributed by atoms with Crippen LogP contribution in [-0.2, 0) is 0 Å². The molecule has 3 aromatic carbocycles. The Labute approximate surface area is 236 Å². The minimum absolute atomic E-state index is 0.198. The van der Waals surface area contributed by atoms with Crippen molar-refractivity contribution in [3.63, 3.8) is 0 Å². The third-order valence-corrected chi connectivity index (χ3v) is 7.36. The summed E-state index contributed by atoms with van der Waals surface area (Å²) in [6.07, 6.45) is 0. The molecular formula is C32H40FNO4S. The molecule has 2 heterocycles. The molecule has 39 heavy (non-hydrogen) atoms. The van der Waals surface area contributed by atoms with E-state index in [0.29, 0.717) is 6.61 Å². The minimum atomic E-state index is -0.230. The molecule has 5 nitrogen and oxygen atoms in total. The fourth-order valence-electron chi connectivity index (χ4n) is 4.19. The second kappa shape index (κ2) is 15.3. The lowest BCUT2D eigenvalue weighted by Crippen LogP contribution is -2.49. The summed E-state index contributed by atoms with van der Waals surface area (Å²) in [5.74, 6) is 4.15. The molecule has 210 valence electrons. The lowest BCUT2D eigenvalue weighted by Gasteiger charge is -2.37. The molecule has 0 aliphatic carbocycles. The Hall–Kier alpha value is -3.29. The summed E-state index contributed by atoms with van der Waals surface area (Å²) in [5, 5.41) is 1.03. The van der Waals surface area contributed by atoms with Crippen LogP contribution in [-0.4, -0.2) is 52.0 Å². The number of likely N-dealkylation sites (tertiary alicyclic amines) is 1. The molecular weight excluding hydrogens is 513 g/mol. The molecule has 0 saturated carbocycles. The van der Waals surface area contributed by atoms with E-state index in [9.17, 15) is 4.39 Å². The number of ether oxygens (including phenoxy) is 4. The SMILES string of the molecule is CC.CC.COc1ccc(-c2sc3cc(OC)ccc3c2Oc2ccc(OCCN3CC(CF)C3)cc2)cc1. The Kier molecular flexibility index (Phi) is 11.9. The Morgan fingerprint density at radius 1 is 0.795 bits per heavy atom. The van der Waals surface area contributed by atoms with Crippen LogP contribution in [0.5, 0.6) is 28.7 Å². The number of rotatable bonds is 10. The van der Waals surface area contributed by atoms with Crippen molar-refractivity contribution in [1.29, 1.82) is 0 Å². The van der Waals surface area contributed by atoms with Gasteiger partial charge >= 0.3 is 0 Å². The number of methoxy groups -OCH3 is 2. The summed E-state index contributed by atoms with van der Waals surface area (Å²) >= 11 is 1.67. The molecule has 0 N–H and O–H groups in total. The first-order valence-electron chi connectivity index (χ1n) is 13.6. The van der Waals surface area contributed by atoms with E-state index in [-0.39, 0.29) is 12.6 Å². The second-order valence-corrected chi connectivity index (χ2v) is 9.60. The molecule has 1 fully saturated rings. The minimum Gasteiger partial charge on any atom is -0.497 e. The molecule has 1 aromatic heterocycles. The topological polar surface area (TPSA) is 40.2 Å². The van der Waals surface area contributed by atoms with E-state index in [1.807, 2.05) is 94.4 Å². The lowest BCUT2D eigenvalue weighted by atomic mass is 10.0. The highest BCUT2D eigenvalue weighted by atomic mass is 32.1. The predicted molar refractivity (Wildman–Crippen MR) is 161 cm³/mol. The van der Waals surface area contributed by atoms with Crippen LogP contribution in [0.4, 0.5) is 4.39 Å². The largest absolute Gasteiger partial charge is 0.497 e. The number of fused-ring (bicyclic) bond motifs is 1. The molecule has 0 amide bonds. The molecule has 7 heteroatoms. The number of hydrogen-bond donors (Lipinski definition) is 0. The number of halogens is 1. The summed E-state index contributed by atoms with van der Waals surface area (Å²) in [5.41, 5.74) is 1.06. The summed E-state index contributed by atoms with van der Waals surface area (Å²) in [6.45, 7) is 10.8. The van der Waals surface area contributed by atoms with Crippen molar-refractivity contribution in [1.82, 2.24) is 4.90 Å². The number of benzene rings is 3. The number of hydrogen-bond acceptors (Lipinski definition) is 6. The molecule has 0 bridgehead atoms. The van der Waals surface area contributed by atoms with E-state index in [2.05, 4.69) is 4.90 Å². The quantitative estimate of drug-likeness (QED) is 0.196. The van der Waals surface area contributed by atoms with Gasteiger partial charge in [-0.05, 0) is 72.3 Å². The van der Waals surface area contributed by atoms with E-state index in [0.717, 1.165) is 68.9 Å². The fourth-order valence-corrected chi connectivity index (χ4v) is 5.35. The average Bonchev–Trinajstić information content (AvgIpc) is 3.34. The average molecular weight is 554 g/mol. The van der Waals surface area contributed by atoms with Crippen LogP contribution in [0.2, 0.25) is 0 Å². The molecule has 4 aromatic rings. The van der Waals surface area contributed by atoms with Crippen LogP contribution in [0.3, 0.4) is 0 Å². The molecule has 0 atom stereocenters. The summed E-state index contributed by atoms with van der Waals surface area (Å²) < 4.78 is 36.7. The maximum atomic E-state index is 12.6. The highest BCUT2D eigenvalue weighted by Crippen LogP contribution is 2.47. The van der Waals surface area contributed by atoms with Crippen LogP contribution in [0, 0.1) is 5.92 Å². The van der Waals surface area contributed by atoms with Gasteiger partial charge in [0.05, 0.1) is 25.8 Å². The first kappa shape index (κ1) is 30.3. The standard InChI is InChI=1S/C28H28FNO4S.2C2H6/c1-31-21-5-3-20(4-6-21)28-27(25-12-11-24(32-2)15-26(25)35-28)34-23-9-7-22(8-10-23)33-14-13-30-17-19(16-29)18-30;2*1-2/h3-12,15,19H,13-14,16-18H2,1-2H3;2*1-2H3. The van der Waals surface area contributed by atoms with Gasteiger partial charge in [0.2, 0.25) is 0 Å². The summed E-state index contributed by atoms with van der Waals surface area (Å²) in [7, 11) is 3.33. The van der Waals surface area contributed by atoms with Crippen molar-refractivity contribution < 1.29 is 23.3 Å². The summed E-state index contributed by atoms with van der Waals surface area (Å²) in [6, 6.07) is 21.7. The van der Waals surface area contributed by atoms with Gasteiger partial charge in [-0.25, -0.2) is 0 Å². The monoisotopic (exact) mass is 553 g/mol. The van der Waals surface area contributed by atoms with Gasteiger partial charge in [0.15, 0.2) is 5.75 Å². The maximum absolute atomic E-state index is 12.6. The Balaban J connectivity index is 0.00000100. The van der Waals surface area contributed by atoms with Gasteiger partial charge in [0.25, 0.3) is 0 Å². The van der Waals surface area contributed by atoms with Crippen molar-refractivity contribution in [3.05, 3.63) is 66.7 Å². The third kappa shape index (κ3) is 7.64. The van der Waals surface area contributed by atoms with Crippen molar-refractivity contribution in [2.75, 3.05) is 47.1 Å². The van der Waals surface area contributed by atoms with Crippen LogP contribution < -0.4 is 18.9 Å². The van der Waals surface area contributed by atoms with Gasteiger partial charge in [-0.2, -0.15) is 0 Å². The van der Waals surface area contributed by atoms with Crippen LogP contribution in [0.1, 0.15) is 27.7 Å². The van der Waals surface area contributed by atoms with Gasteiger partial charge in [-0.1, -0.05) is 27.7 Å².